The average molecular weight is 303 g/mol. The number of morpholine rings is 1. The molecule has 0 aromatic heterocycles. The molecule has 3 nitrogen and oxygen atoms in total. The van der Waals surface area contributed by atoms with Crippen LogP contribution in [0.1, 0.15) is 18.4 Å². The summed E-state index contributed by atoms with van der Waals surface area (Å²) in [5.41, 5.74) is -0.673. The molecule has 0 spiro atoms. The molecule has 1 aliphatic heterocycles. The number of rotatable bonds is 6. The first-order valence-electron chi connectivity index (χ1n) is 7.16. The Labute approximate surface area is 122 Å². The van der Waals surface area contributed by atoms with Gasteiger partial charge in [-0.2, -0.15) is 13.2 Å². The fourth-order valence-electron chi connectivity index (χ4n) is 2.21. The van der Waals surface area contributed by atoms with E-state index in [0.717, 1.165) is 57.8 Å². The van der Waals surface area contributed by atoms with Gasteiger partial charge in [0.05, 0.1) is 25.4 Å². The molecule has 0 saturated carbocycles. The van der Waals surface area contributed by atoms with Crippen molar-refractivity contribution in [3.05, 3.63) is 29.8 Å². The normalized spacial score (nSPS) is 16.9. The number of halogens is 3. The highest BCUT2D eigenvalue weighted by Crippen LogP contribution is 2.31. The predicted molar refractivity (Wildman–Crippen MR) is 73.4 cm³/mol. The van der Waals surface area contributed by atoms with E-state index in [1.165, 1.54) is 6.07 Å². The van der Waals surface area contributed by atoms with E-state index in [1.807, 2.05) is 0 Å². The highest BCUT2D eigenvalue weighted by atomic mass is 19.4. The topological polar surface area (TPSA) is 21.7 Å². The summed E-state index contributed by atoms with van der Waals surface area (Å²) < 4.78 is 48.3. The predicted octanol–water partition coefficient (Wildman–Crippen LogP) is 3.20. The van der Waals surface area contributed by atoms with Crippen molar-refractivity contribution < 1.29 is 22.6 Å². The van der Waals surface area contributed by atoms with Crippen molar-refractivity contribution in [2.45, 2.75) is 19.0 Å². The number of hydrogen-bond acceptors (Lipinski definition) is 3. The summed E-state index contributed by atoms with van der Waals surface area (Å²) in [5, 5.41) is 0. The Balaban J connectivity index is 1.66. The lowest BCUT2D eigenvalue weighted by atomic mass is 10.2. The zero-order chi connectivity index (χ0) is 15.1. The Kier molecular flexibility index (Phi) is 5.87. The van der Waals surface area contributed by atoms with Crippen LogP contribution >= 0.6 is 0 Å². The third-order valence-electron chi connectivity index (χ3n) is 3.40. The van der Waals surface area contributed by atoms with Crippen molar-refractivity contribution in [2.75, 3.05) is 39.5 Å². The molecule has 1 aromatic carbocycles. The number of unbranched alkanes of at least 4 members (excludes halogenated alkanes) is 1. The summed E-state index contributed by atoms with van der Waals surface area (Å²) >= 11 is 0. The van der Waals surface area contributed by atoms with Gasteiger partial charge in [0.1, 0.15) is 5.75 Å². The number of nitrogens with zero attached hydrogens (tertiary/aromatic N) is 1. The van der Waals surface area contributed by atoms with E-state index >= 15 is 0 Å². The summed E-state index contributed by atoms with van der Waals surface area (Å²) in [6.45, 7) is 4.88. The van der Waals surface area contributed by atoms with Crippen LogP contribution in [0, 0.1) is 0 Å². The standard InChI is InChI=1S/C15H20F3NO2/c16-15(17,18)13-4-3-5-14(12-13)21-9-2-1-6-19-7-10-20-11-8-19/h3-5,12H,1-2,6-11H2. The van der Waals surface area contributed by atoms with Gasteiger partial charge in [-0.25, -0.2) is 0 Å². The van der Waals surface area contributed by atoms with Crippen LogP contribution in [0.25, 0.3) is 0 Å². The Bertz CT molecular complexity index is 431. The molecule has 0 atom stereocenters. The Morgan fingerprint density at radius 1 is 1.14 bits per heavy atom. The Morgan fingerprint density at radius 2 is 1.90 bits per heavy atom. The summed E-state index contributed by atoms with van der Waals surface area (Å²) in [7, 11) is 0. The molecule has 21 heavy (non-hydrogen) atoms. The maximum absolute atomic E-state index is 12.5. The maximum atomic E-state index is 12.5. The van der Waals surface area contributed by atoms with Gasteiger partial charge < -0.3 is 9.47 Å². The molecule has 118 valence electrons. The van der Waals surface area contributed by atoms with Crippen LogP contribution in [0.15, 0.2) is 24.3 Å². The number of benzene rings is 1. The van der Waals surface area contributed by atoms with Gasteiger partial charge in [-0.1, -0.05) is 6.07 Å². The molecule has 1 aromatic rings. The number of alkyl halides is 3. The fourth-order valence-corrected chi connectivity index (χ4v) is 2.21. The Hall–Kier alpha value is -1.27. The minimum atomic E-state index is -4.32. The zero-order valence-corrected chi connectivity index (χ0v) is 11.9. The monoisotopic (exact) mass is 303 g/mol. The summed E-state index contributed by atoms with van der Waals surface area (Å²) in [6, 6.07) is 5.01. The van der Waals surface area contributed by atoms with Crippen LogP contribution in [0.2, 0.25) is 0 Å². The van der Waals surface area contributed by atoms with Crippen molar-refractivity contribution >= 4 is 0 Å². The molecule has 0 amide bonds. The van der Waals surface area contributed by atoms with Gasteiger partial charge in [0.15, 0.2) is 0 Å². The van der Waals surface area contributed by atoms with Gasteiger partial charge in [0.2, 0.25) is 0 Å². The molecule has 1 heterocycles. The quantitative estimate of drug-likeness (QED) is 0.753. The lowest BCUT2D eigenvalue weighted by molar-refractivity contribution is -0.137. The second kappa shape index (κ2) is 7.66. The highest BCUT2D eigenvalue weighted by Gasteiger charge is 2.30. The summed E-state index contributed by atoms with van der Waals surface area (Å²) in [4.78, 5) is 2.33. The molecule has 0 radical (unpaired) electrons. The van der Waals surface area contributed by atoms with E-state index in [2.05, 4.69) is 4.90 Å². The van der Waals surface area contributed by atoms with Gasteiger partial charge in [0, 0.05) is 13.1 Å². The van der Waals surface area contributed by atoms with Crippen molar-refractivity contribution in [1.29, 1.82) is 0 Å². The van der Waals surface area contributed by atoms with E-state index in [9.17, 15) is 13.2 Å². The van der Waals surface area contributed by atoms with Crippen LogP contribution in [-0.4, -0.2) is 44.4 Å². The van der Waals surface area contributed by atoms with Crippen molar-refractivity contribution in [3.63, 3.8) is 0 Å². The molecular weight excluding hydrogens is 283 g/mol. The molecule has 1 fully saturated rings. The van der Waals surface area contributed by atoms with E-state index in [4.69, 9.17) is 9.47 Å². The first-order valence-corrected chi connectivity index (χ1v) is 7.16. The molecule has 0 bridgehead atoms. The largest absolute Gasteiger partial charge is 0.494 e. The summed E-state index contributed by atoms with van der Waals surface area (Å²) in [6.07, 6.45) is -2.53. The average Bonchev–Trinajstić information content (AvgIpc) is 2.47. The second-order valence-corrected chi connectivity index (χ2v) is 5.04. The number of ether oxygens (including phenoxy) is 2. The lowest BCUT2D eigenvalue weighted by Gasteiger charge is -2.26. The highest BCUT2D eigenvalue weighted by molar-refractivity contribution is 5.30. The number of hydrogen-bond donors (Lipinski definition) is 0. The third-order valence-corrected chi connectivity index (χ3v) is 3.40. The SMILES string of the molecule is FC(F)(F)c1cccc(OCCCCN2CCOCC2)c1. The first-order chi connectivity index (χ1) is 10.1. The van der Waals surface area contributed by atoms with E-state index in [1.54, 1.807) is 6.07 Å². The van der Waals surface area contributed by atoms with Crippen molar-refractivity contribution in [1.82, 2.24) is 4.90 Å². The molecular formula is C15H20F3NO2. The van der Waals surface area contributed by atoms with Crippen molar-refractivity contribution in [2.24, 2.45) is 0 Å². The first kappa shape index (κ1) is 16.1. The third kappa shape index (κ3) is 5.55. The molecule has 2 rings (SSSR count). The van der Waals surface area contributed by atoms with Gasteiger partial charge in [0.25, 0.3) is 0 Å². The minimum absolute atomic E-state index is 0.274. The fraction of sp³-hybridized carbons (Fsp3) is 0.600. The van der Waals surface area contributed by atoms with Gasteiger partial charge in [-0.05, 0) is 37.6 Å². The minimum Gasteiger partial charge on any atom is -0.494 e. The zero-order valence-electron chi connectivity index (χ0n) is 11.9. The van der Waals surface area contributed by atoms with E-state index in [-0.39, 0.29) is 5.75 Å². The van der Waals surface area contributed by atoms with Gasteiger partial charge in [-0.15, -0.1) is 0 Å². The van der Waals surface area contributed by atoms with Gasteiger partial charge in [-0.3, -0.25) is 4.90 Å². The van der Waals surface area contributed by atoms with Crippen LogP contribution < -0.4 is 4.74 Å². The smallest absolute Gasteiger partial charge is 0.416 e. The molecule has 1 aliphatic rings. The molecule has 6 heteroatoms. The van der Waals surface area contributed by atoms with E-state index < -0.39 is 11.7 Å². The van der Waals surface area contributed by atoms with Crippen LogP contribution in [0.4, 0.5) is 13.2 Å². The van der Waals surface area contributed by atoms with E-state index in [0.29, 0.717) is 6.61 Å². The molecule has 0 unspecified atom stereocenters. The Morgan fingerprint density at radius 3 is 2.62 bits per heavy atom. The van der Waals surface area contributed by atoms with Gasteiger partial charge >= 0.3 is 6.18 Å². The molecule has 0 aliphatic carbocycles. The van der Waals surface area contributed by atoms with Crippen LogP contribution in [0.3, 0.4) is 0 Å². The molecule has 1 saturated heterocycles. The maximum Gasteiger partial charge on any atom is 0.416 e. The molecule has 0 N–H and O–H groups in total. The van der Waals surface area contributed by atoms with Crippen LogP contribution in [-0.2, 0) is 10.9 Å². The summed E-state index contributed by atoms with van der Waals surface area (Å²) in [5.74, 6) is 0.274. The van der Waals surface area contributed by atoms with Crippen molar-refractivity contribution in [3.8, 4) is 5.75 Å². The van der Waals surface area contributed by atoms with Crippen LogP contribution in [0.5, 0.6) is 5.75 Å². The second-order valence-electron chi connectivity index (χ2n) is 5.04. The lowest BCUT2D eigenvalue weighted by Crippen LogP contribution is -2.36.